The standard InChI is InChI=1S/C18H22FN3O3S/c1-11(2)17(24)22-18-21-13(10-26-18)8-16(23)20-12(3)9-25-15-7-5-4-6-14(15)19/h4-7,10-12H,8-9H2,1-3H3,(H,20,23)(H,21,22,24). The Morgan fingerprint density at radius 1 is 1.27 bits per heavy atom. The second kappa shape index (κ2) is 9.28. The molecule has 2 rings (SSSR count). The maximum atomic E-state index is 13.5. The summed E-state index contributed by atoms with van der Waals surface area (Å²) in [6.07, 6.45) is 0.0953. The smallest absolute Gasteiger partial charge is 0.228 e. The van der Waals surface area contributed by atoms with Crippen molar-refractivity contribution in [2.24, 2.45) is 5.92 Å². The second-order valence-corrected chi connectivity index (χ2v) is 7.03. The lowest BCUT2D eigenvalue weighted by atomic mass is 10.2. The number of anilines is 1. The van der Waals surface area contributed by atoms with E-state index in [1.54, 1.807) is 38.3 Å². The van der Waals surface area contributed by atoms with Gasteiger partial charge in [-0.3, -0.25) is 9.59 Å². The average molecular weight is 379 g/mol. The number of amides is 2. The van der Waals surface area contributed by atoms with Gasteiger partial charge in [-0.15, -0.1) is 11.3 Å². The van der Waals surface area contributed by atoms with Crippen LogP contribution in [0.5, 0.6) is 5.75 Å². The number of ether oxygens (including phenoxy) is 1. The van der Waals surface area contributed by atoms with E-state index in [-0.39, 0.29) is 42.6 Å². The maximum Gasteiger partial charge on any atom is 0.228 e. The minimum atomic E-state index is -0.440. The van der Waals surface area contributed by atoms with Gasteiger partial charge in [-0.2, -0.15) is 0 Å². The van der Waals surface area contributed by atoms with E-state index in [0.717, 1.165) is 0 Å². The molecule has 1 atom stereocenters. The van der Waals surface area contributed by atoms with Crippen molar-refractivity contribution in [2.45, 2.75) is 33.2 Å². The third kappa shape index (κ3) is 6.11. The van der Waals surface area contributed by atoms with E-state index in [1.165, 1.54) is 23.5 Å². The van der Waals surface area contributed by atoms with Crippen molar-refractivity contribution >= 4 is 28.3 Å². The Morgan fingerprint density at radius 3 is 2.69 bits per heavy atom. The van der Waals surface area contributed by atoms with Crippen molar-refractivity contribution in [1.82, 2.24) is 10.3 Å². The van der Waals surface area contributed by atoms with Crippen molar-refractivity contribution in [3.63, 3.8) is 0 Å². The first-order chi connectivity index (χ1) is 12.3. The fourth-order valence-corrected chi connectivity index (χ4v) is 2.72. The number of hydrogen-bond donors (Lipinski definition) is 2. The molecule has 140 valence electrons. The number of para-hydroxylation sites is 1. The summed E-state index contributed by atoms with van der Waals surface area (Å²) in [5.41, 5.74) is 0.578. The normalized spacial score (nSPS) is 11.9. The molecule has 1 aromatic carbocycles. The Hall–Kier alpha value is -2.48. The predicted octanol–water partition coefficient (Wildman–Crippen LogP) is 3.00. The molecule has 0 bridgehead atoms. The Balaban J connectivity index is 1.78. The Morgan fingerprint density at radius 2 is 2.00 bits per heavy atom. The average Bonchev–Trinajstić information content (AvgIpc) is 3.00. The van der Waals surface area contributed by atoms with Gasteiger partial charge >= 0.3 is 0 Å². The molecule has 0 aliphatic rings. The van der Waals surface area contributed by atoms with E-state index < -0.39 is 5.82 Å². The van der Waals surface area contributed by atoms with Gasteiger partial charge in [0.2, 0.25) is 11.8 Å². The highest BCUT2D eigenvalue weighted by Gasteiger charge is 2.14. The minimum Gasteiger partial charge on any atom is -0.488 e. The van der Waals surface area contributed by atoms with Crippen LogP contribution >= 0.6 is 11.3 Å². The van der Waals surface area contributed by atoms with Crippen LogP contribution in [0.25, 0.3) is 0 Å². The molecule has 1 unspecified atom stereocenters. The molecule has 2 aromatic rings. The lowest BCUT2D eigenvalue weighted by Crippen LogP contribution is -2.37. The molecule has 6 nitrogen and oxygen atoms in total. The summed E-state index contributed by atoms with van der Waals surface area (Å²) in [6, 6.07) is 5.82. The summed E-state index contributed by atoms with van der Waals surface area (Å²) < 4.78 is 18.9. The maximum absolute atomic E-state index is 13.5. The van der Waals surface area contributed by atoms with Crippen molar-refractivity contribution < 1.29 is 18.7 Å². The van der Waals surface area contributed by atoms with E-state index in [1.807, 2.05) is 0 Å². The number of carbonyl (C=O) groups is 2. The zero-order valence-corrected chi connectivity index (χ0v) is 15.7. The van der Waals surface area contributed by atoms with Crippen molar-refractivity contribution in [3.05, 3.63) is 41.2 Å². The summed E-state index contributed by atoms with van der Waals surface area (Å²) in [6.45, 7) is 5.51. The van der Waals surface area contributed by atoms with Crippen LogP contribution in [0.3, 0.4) is 0 Å². The van der Waals surface area contributed by atoms with Gasteiger partial charge in [0.25, 0.3) is 0 Å². The first-order valence-corrected chi connectivity index (χ1v) is 9.15. The summed E-state index contributed by atoms with van der Waals surface area (Å²) in [5.74, 6) is -0.764. The van der Waals surface area contributed by atoms with Gasteiger partial charge in [-0.05, 0) is 19.1 Å². The molecule has 0 spiro atoms. The highest BCUT2D eigenvalue weighted by Crippen LogP contribution is 2.17. The topological polar surface area (TPSA) is 80.3 Å². The highest BCUT2D eigenvalue weighted by molar-refractivity contribution is 7.13. The zero-order valence-electron chi connectivity index (χ0n) is 14.9. The third-order valence-corrected chi connectivity index (χ3v) is 4.19. The molecule has 1 heterocycles. The largest absolute Gasteiger partial charge is 0.488 e. The fraction of sp³-hybridized carbons (Fsp3) is 0.389. The number of hydrogen-bond acceptors (Lipinski definition) is 5. The number of halogens is 1. The molecule has 26 heavy (non-hydrogen) atoms. The molecule has 0 aliphatic carbocycles. The second-order valence-electron chi connectivity index (χ2n) is 6.17. The van der Waals surface area contributed by atoms with Crippen LogP contribution in [0, 0.1) is 11.7 Å². The molecule has 8 heteroatoms. The van der Waals surface area contributed by atoms with E-state index in [2.05, 4.69) is 15.6 Å². The number of nitrogens with one attached hydrogen (secondary N) is 2. The van der Waals surface area contributed by atoms with Crippen LogP contribution < -0.4 is 15.4 Å². The van der Waals surface area contributed by atoms with Crippen LogP contribution in [0.1, 0.15) is 26.5 Å². The van der Waals surface area contributed by atoms with Gasteiger partial charge in [0, 0.05) is 11.3 Å². The van der Waals surface area contributed by atoms with Gasteiger partial charge in [-0.25, -0.2) is 9.37 Å². The van der Waals surface area contributed by atoms with Crippen LogP contribution in [0.4, 0.5) is 9.52 Å². The van der Waals surface area contributed by atoms with E-state index in [9.17, 15) is 14.0 Å². The van der Waals surface area contributed by atoms with E-state index in [0.29, 0.717) is 10.8 Å². The number of carbonyl (C=O) groups excluding carboxylic acids is 2. The zero-order chi connectivity index (χ0) is 19.1. The first kappa shape index (κ1) is 19.8. The third-order valence-electron chi connectivity index (χ3n) is 3.38. The predicted molar refractivity (Wildman–Crippen MR) is 98.8 cm³/mol. The quantitative estimate of drug-likeness (QED) is 0.739. The first-order valence-electron chi connectivity index (χ1n) is 8.27. The molecule has 0 fully saturated rings. The lowest BCUT2D eigenvalue weighted by molar-refractivity contribution is -0.121. The van der Waals surface area contributed by atoms with Crippen LogP contribution in [0.15, 0.2) is 29.6 Å². The van der Waals surface area contributed by atoms with Crippen molar-refractivity contribution in [1.29, 1.82) is 0 Å². The van der Waals surface area contributed by atoms with Gasteiger partial charge in [0.1, 0.15) is 6.61 Å². The van der Waals surface area contributed by atoms with Gasteiger partial charge < -0.3 is 15.4 Å². The van der Waals surface area contributed by atoms with E-state index >= 15 is 0 Å². The molecular weight excluding hydrogens is 357 g/mol. The van der Waals surface area contributed by atoms with Gasteiger partial charge in [0.15, 0.2) is 16.7 Å². The van der Waals surface area contributed by atoms with Crippen molar-refractivity contribution in [3.8, 4) is 5.75 Å². The molecular formula is C18H22FN3O3S. The number of rotatable bonds is 8. The summed E-state index contributed by atoms with van der Waals surface area (Å²) in [5, 5.41) is 7.68. The molecule has 2 amide bonds. The highest BCUT2D eigenvalue weighted by atomic mass is 32.1. The Kier molecular flexibility index (Phi) is 7.08. The summed E-state index contributed by atoms with van der Waals surface area (Å²) in [7, 11) is 0. The molecule has 0 aliphatic heterocycles. The van der Waals surface area contributed by atoms with Crippen LogP contribution in [0.2, 0.25) is 0 Å². The molecule has 2 N–H and O–H groups in total. The molecule has 0 radical (unpaired) electrons. The van der Waals surface area contributed by atoms with Crippen LogP contribution in [-0.4, -0.2) is 29.4 Å². The Labute approximate surface area is 155 Å². The number of aromatic nitrogens is 1. The molecule has 0 saturated carbocycles. The van der Waals surface area contributed by atoms with E-state index in [4.69, 9.17) is 4.74 Å². The number of benzene rings is 1. The SMILES string of the molecule is CC(COc1ccccc1F)NC(=O)Cc1csc(NC(=O)C(C)C)n1. The lowest BCUT2D eigenvalue weighted by Gasteiger charge is -2.15. The van der Waals surface area contributed by atoms with Crippen molar-refractivity contribution in [2.75, 3.05) is 11.9 Å². The molecule has 0 saturated heterocycles. The van der Waals surface area contributed by atoms with Crippen LogP contribution in [-0.2, 0) is 16.0 Å². The van der Waals surface area contributed by atoms with Gasteiger partial charge in [0.05, 0.1) is 18.2 Å². The fourth-order valence-electron chi connectivity index (χ4n) is 2.00. The monoisotopic (exact) mass is 379 g/mol. The summed E-state index contributed by atoms with van der Waals surface area (Å²) in [4.78, 5) is 27.9. The van der Waals surface area contributed by atoms with Gasteiger partial charge in [-0.1, -0.05) is 26.0 Å². The molecule has 1 aromatic heterocycles. The number of nitrogens with zero attached hydrogens (tertiary/aromatic N) is 1. The summed E-state index contributed by atoms with van der Waals surface area (Å²) >= 11 is 1.28. The number of thiazole rings is 1. The Bertz CT molecular complexity index is 764. The minimum absolute atomic E-state index is 0.0953.